The van der Waals surface area contributed by atoms with Gasteiger partial charge in [-0.2, -0.15) is 0 Å². The van der Waals surface area contributed by atoms with E-state index >= 15 is 0 Å². The standard InChI is InChI=1S/C11H23NO4S/c1-2-11(8-13,9-14)12-17(15,16)10-6-4-3-5-7-10/h10,12-14H,2-9H2,1H3. The first-order valence-corrected chi connectivity index (χ1v) is 7.79. The zero-order valence-corrected chi connectivity index (χ0v) is 11.2. The van der Waals surface area contributed by atoms with Crippen LogP contribution in [0.5, 0.6) is 0 Å². The summed E-state index contributed by atoms with van der Waals surface area (Å²) in [7, 11) is -3.45. The molecule has 5 nitrogen and oxygen atoms in total. The van der Waals surface area contributed by atoms with E-state index in [1.165, 1.54) is 0 Å². The summed E-state index contributed by atoms with van der Waals surface area (Å²) in [5.41, 5.74) is -1.11. The number of aliphatic hydroxyl groups excluding tert-OH is 2. The van der Waals surface area contributed by atoms with Crippen molar-refractivity contribution in [3.05, 3.63) is 0 Å². The summed E-state index contributed by atoms with van der Waals surface area (Å²) in [6, 6.07) is 0. The molecule has 0 aromatic carbocycles. The highest BCUT2D eigenvalue weighted by Crippen LogP contribution is 2.24. The van der Waals surface area contributed by atoms with E-state index in [1.54, 1.807) is 6.92 Å². The Morgan fingerprint density at radius 1 is 1.18 bits per heavy atom. The minimum Gasteiger partial charge on any atom is -0.394 e. The summed E-state index contributed by atoms with van der Waals surface area (Å²) in [5, 5.41) is 18.1. The largest absolute Gasteiger partial charge is 0.394 e. The highest BCUT2D eigenvalue weighted by molar-refractivity contribution is 7.90. The van der Waals surface area contributed by atoms with Gasteiger partial charge in [-0.25, -0.2) is 13.1 Å². The smallest absolute Gasteiger partial charge is 0.215 e. The quantitative estimate of drug-likeness (QED) is 0.647. The van der Waals surface area contributed by atoms with Crippen molar-refractivity contribution in [3.63, 3.8) is 0 Å². The molecule has 0 amide bonds. The molecule has 0 bridgehead atoms. The molecule has 0 aromatic rings. The van der Waals surface area contributed by atoms with Crippen LogP contribution < -0.4 is 4.72 Å². The predicted octanol–water partition coefficient (Wildman–Crippen LogP) is 0.372. The van der Waals surface area contributed by atoms with E-state index in [0.717, 1.165) is 19.3 Å². The molecule has 0 unspecified atom stereocenters. The van der Waals surface area contributed by atoms with Crippen LogP contribution in [0.3, 0.4) is 0 Å². The summed E-state index contributed by atoms with van der Waals surface area (Å²) in [6.07, 6.45) is 4.67. The maximum Gasteiger partial charge on any atom is 0.215 e. The molecule has 0 aliphatic heterocycles. The van der Waals surface area contributed by atoms with E-state index in [0.29, 0.717) is 19.3 Å². The molecule has 102 valence electrons. The van der Waals surface area contributed by atoms with Crippen LogP contribution in [0.1, 0.15) is 45.4 Å². The predicted molar refractivity (Wildman–Crippen MR) is 66.1 cm³/mol. The molecule has 1 rings (SSSR count). The van der Waals surface area contributed by atoms with Crippen molar-refractivity contribution in [2.45, 2.75) is 56.2 Å². The van der Waals surface area contributed by atoms with Crippen LogP contribution >= 0.6 is 0 Å². The zero-order valence-electron chi connectivity index (χ0n) is 10.4. The molecule has 0 spiro atoms. The second-order valence-corrected chi connectivity index (χ2v) is 6.82. The summed E-state index contributed by atoms with van der Waals surface area (Å²) in [6.45, 7) is 0.980. The van der Waals surface area contributed by atoms with Crippen molar-refractivity contribution < 1.29 is 18.6 Å². The molecule has 1 aliphatic rings. The number of rotatable bonds is 6. The monoisotopic (exact) mass is 265 g/mol. The summed E-state index contributed by atoms with van der Waals surface area (Å²) in [5.74, 6) is 0. The molecule has 0 atom stereocenters. The topological polar surface area (TPSA) is 86.6 Å². The van der Waals surface area contributed by atoms with E-state index in [2.05, 4.69) is 4.72 Å². The second-order valence-electron chi connectivity index (χ2n) is 4.86. The first kappa shape index (κ1) is 14.9. The SMILES string of the molecule is CCC(CO)(CO)NS(=O)(=O)C1CCCCC1. The highest BCUT2D eigenvalue weighted by atomic mass is 32.2. The van der Waals surface area contributed by atoms with Gasteiger partial charge in [0, 0.05) is 0 Å². The molecule has 1 fully saturated rings. The average Bonchev–Trinajstić information content (AvgIpc) is 2.37. The number of aliphatic hydroxyl groups is 2. The average molecular weight is 265 g/mol. The maximum absolute atomic E-state index is 12.1. The number of nitrogens with one attached hydrogen (secondary N) is 1. The minimum atomic E-state index is -3.45. The minimum absolute atomic E-state index is 0.367. The first-order valence-electron chi connectivity index (χ1n) is 6.24. The Kier molecular flexibility index (Phi) is 5.37. The lowest BCUT2D eigenvalue weighted by Gasteiger charge is -2.32. The van der Waals surface area contributed by atoms with E-state index in [-0.39, 0.29) is 18.5 Å². The first-order chi connectivity index (χ1) is 7.99. The molecule has 17 heavy (non-hydrogen) atoms. The second kappa shape index (κ2) is 6.13. The van der Waals surface area contributed by atoms with Gasteiger partial charge < -0.3 is 10.2 Å². The van der Waals surface area contributed by atoms with Crippen LogP contribution in [0.25, 0.3) is 0 Å². The van der Waals surface area contributed by atoms with Crippen LogP contribution in [0.2, 0.25) is 0 Å². The van der Waals surface area contributed by atoms with Crippen molar-refractivity contribution in [1.82, 2.24) is 4.72 Å². The van der Waals surface area contributed by atoms with Gasteiger partial charge in [-0.1, -0.05) is 26.2 Å². The van der Waals surface area contributed by atoms with Gasteiger partial charge in [-0.3, -0.25) is 0 Å². The van der Waals surface area contributed by atoms with E-state index in [9.17, 15) is 18.6 Å². The van der Waals surface area contributed by atoms with Crippen molar-refractivity contribution in [2.24, 2.45) is 0 Å². The molecule has 0 heterocycles. The Hall–Kier alpha value is -0.170. The number of hydrogen-bond donors (Lipinski definition) is 3. The van der Waals surface area contributed by atoms with Crippen molar-refractivity contribution in [1.29, 1.82) is 0 Å². The van der Waals surface area contributed by atoms with Crippen LogP contribution in [-0.2, 0) is 10.0 Å². The van der Waals surface area contributed by atoms with Gasteiger partial charge in [-0.05, 0) is 19.3 Å². The Labute approximate surface area is 103 Å². The van der Waals surface area contributed by atoms with Gasteiger partial charge >= 0.3 is 0 Å². The Bertz CT molecular complexity index is 310. The third kappa shape index (κ3) is 3.64. The molecule has 6 heteroatoms. The van der Waals surface area contributed by atoms with Gasteiger partial charge in [0.2, 0.25) is 10.0 Å². The fraction of sp³-hybridized carbons (Fsp3) is 1.00. The fourth-order valence-corrected chi connectivity index (χ4v) is 4.17. The normalized spacial score (nSPS) is 19.5. The lowest BCUT2D eigenvalue weighted by atomic mass is 10.0. The Morgan fingerprint density at radius 2 is 1.71 bits per heavy atom. The molecular formula is C11H23NO4S. The lowest BCUT2D eigenvalue weighted by Crippen LogP contribution is -2.56. The molecule has 1 aliphatic carbocycles. The number of sulfonamides is 1. The van der Waals surface area contributed by atoms with Crippen molar-refractivity contribution in [2.75, 3.05) is 13.2 Å². The molecule has 0 saturated heterocycles. The molecule has 0 aromatic heterocycles. The summed E-state index contributed by atoms with van der Waals surface area (Å²) < 4.78 is 26.8. The maximum atomic E-state index is 12.1. The highest BCUT2D eigenvalue weighted by Gasteiger charge is 2.36. The lowest BCUT2D eigenvalue weighted by molar-refractivity contribution is 0.105. The summed E-state index contributed by atoms with van der Waals surface area (Å²) in [4.78, 5) is 0. The molecular weight excluding hydrogens is 242 g/mol. The Balaban J connectivity index is 2.76. The van der Waals surface area contributed by atoms with Gasteiger partial charge in [0.15, 0.2) is 0 Å². The van der Waals surface area contributed by atoms with E-state index < -0.39 is 15.6 Å². The van der Waals surface area contributed by atoms with Crippen LogP contribution in [-0.4, -0.2) is 42.6 Å². The Morgan fingerprint density at radius 3 is 2.12 bits per heavy atom. The van der Waals surface area contributed by atoms with Crippen molar-refractivity contribution in [3.8, 4) is 0 Å². The summed E-state index contributed by atoms with van der Waals surface area (Å²) >= 11 is 0. The van der Waals surface area contributed by atoms with Gasteiger partial charge in [0.25, 0.3) is 0 Å². The molecule has 3 N–H and O–H groups in total. The third-order valence-corrected chi connectivity index (χ3v) is 5.70. The van der Waals surface area contributed by atoms with E-state index in [4.69, 9.17) is 0 Å². The molecule has 0 radical (unpaired) electrons. The zero-order chi connectivity index (χ0) is 12.9. The van der Waals surface area contributed by atoms with Crippen LogP contribution in [0.4, 0.5) is 0 Å². The molecule has 1 saturated carbocycles. The van der Waals surface area contributed by atoms with Crippen LogP contribution in [0.15, 0.2) is 0 Å². The third-order valence-electron chi connectivity index (χ3n) is 3.63. The van der Waals surface area contributed by atoms with Gasteiger partial charge in [0.1, 0.15) is 0 Å². The van der Waals surface area contributed by atoms with Crippen molar-refractivity contribution >= 4 is 10.0 Å². The van der Waals surface area contributed by atoms with Crippen LogP contribution in [0, 0.1) is 0 Å². The van der Waals surface area contributed by atoms with E-state index in [1.807, 2.05) is 0 Å². The fourth-order valence-electron chi connectivity index (χ4n) is 2.17. The van der Waals surface area contributed by atoms with Gasteiger partial charge in [-0.15, -0.1) is 0 Å². The number of hydrogen-bond acceptors (Lipinski definition) is 4. The van der Waals surface area contributed by atoms with Gasteiger partial charge in [0.05, 0.1) is 24.0 Å².